The molecule has 2 nitrogen and oxygen atoms in total. The first-order valence-corrected chi connectivity index (χ1v) is 10.8. The van der Waals surface area contributed by atoms with E-state index in [1.165, 1.54) is 21.2 Å². The summed E-state index contributed by atoms with van der Waals surface area (Å²) < 4.78 is 0. The van der Waals surface area contributed by atoms with E-state index in [2.05, 4.69) is 109 Å². The van der Waals surface area contributed by atoms with E-state index in [9.17, 15) is 0 Å². The van der Waals surface area contributed by atoms with Crippen LogP contribution in [-0.4, -0.2) is 6.26 Å². The molecule has 0 atom stereocenters. The number of hydrogen-bond donors (Lipinski definition) is 2. The molecule has 0 spiro atoms. The fraction of sp³-hybridized carbons (Fsp3) is 0.120. The van der Waals surface area contributed by atoms with Gasteiger partial charge >= 0.3 is 0 Å². The smallest absolute Gasteiger partial charge is 0.0630 e. The highest BCUT2D eigenvalue weighted by molar-refractivity contribution is 7.98. The molecule has 0 bridgehead atoms. The average molecular weight is 385 g/mol. The maximum atomic E-state index is 3.66. The van der Waals surface area contributed by atoms with Gasteiger partial charge in [-0.25, -0.2) is 0 Å². The van der Waals surface area contributed by atoms with Crippen LogP contribution in [-0.2, 0) is 6.42 Å². The van der Waals surface area contributed by atoms with Crippen molar-refractivity contribution in [2.45, 2.75) is 18.2 Å². The molecule has 28 heavy (non-hydrogen) atoms. The fourth-order valence-corrected chi connectivity index (χ4v) is 3.78. The van der Waals surface area contributed by atoms with Gasteiger partial charge in [0.05, 0.1) is 11.4 Å². The summed E-state index contributed by atoms with van der Waals surface area (Å²) in [4.78, 5) is 1.26. The van der Waals surface area contributed by atoms with Gasteiger partial charge in [-0.1, -0.05) is 49.4 Å². The summed E-state index contributed by atoms with van der Waals surface area (Å²) in [5.74, 6) is 0. The van der Waals surface area contributed by atoms with Crippen LogP contribution in [0, 0.1) is 0 Å². The van der Waals surface area contributed by atoms with Crippen LogP contribution >= 0.6 is 11.8 Å². The lowest BCUT2D eigenvalue weighted by Gasteiger charge is -2.17. The van der Waals surface area contributed by atoms with Gasteiger partial charge in [0.2, 0.25) is 0 Å². The third-order valence-corrected chi connectivity index (χ3v) is 5.67. The zero-order valence-electron chi connectivity index (χ0n) is 16.2. The number of fused-ring (bicyclic) bond motifs is 1. The minimum Gasteiger partial charge on any atom is -0.354 e. The molecule has 4 aromatic rings. The Labute approximate surface area is 171 Å². The summed E-state index contributed by atoms with van der Waals surface area (Å²) in [6, 6.07) is 30.0. The van der Waals surface area contributed by atoms with E-state index >= 15 is 0 Å². The Kier molecular flexibility index (Phi) is 5.54. The van der Waals surface area contributed by atoms with Gasteiger partial charge in [0.15, 0.2) is 0 Å². The predicted molar refractivity (Wildman–Crippen MR) is 125 cm³/mol. The normalized spacial score (nSPS) is 10.8. The molecule has 0 fully saturated rings. The Balaban J connectivity index is 1.75. The van der Waals surface area contributed by atoms with E-state index in [4.69, 9.17) is 0 Å². The molecular weight excluding hydrogens is 360 g/mol. The quantitative estimate of drug-likeness (QED) is 0.334. The number of para-hydroxylation sites is 1. The zero-order valence-corrected chi connectivity index (χ0v) is 17.0. The topological polar surface area (TPSA) is 24.1 Å². The van der Waals surface area contributed by atoms with Crippen molar-refractivity contribution >= 4 is 45.3 Å². The second-order valence-electron chi connectivity index (χ2n) is 6.73. The van der Waals surface area contributed by atoms with Crippen LogP contribution in [0.25, 0.3) is 10.8 Å². The highest BCUT2D eigenvalue weighted by Crippen LogP contribution is 2.34. The van der Waals surface area contributed by atoms with Crippen LogP contribution in [0.3, 0.4) is 0 Å². The third kappa shape index (κ3) is 4.00. The second kappa shape index (κ2) is 8.41. The Hall–Kier alpha value is -2.91. The lowest BCUT2D eigenvalue weighted by molar-refractivity contribution is 1.14. The molecule has 0 aliphatic heterocycles. The lowest BCUT2D eigenvalue weighted by atomic mass is 10.1. The van der Waals surface area contributed by atoms with Gasteiger partial charge < -0.3 is 10.6 Å². The molecule has 140 valence electrons. The van der Waals surface area contributed by atoms with Gasteiger partial charge in [0.25, 0.3) is 0 Å². The van der Waals surface area contributed by atoms with Crippen LogP contribution in [0.4, 0.5) is 22.7 Å². The Morgan fingerprint density at radius 2 is 1.29 bits per heavy atom. The maximum absolute atomic E-state index is 3.66. The first kappa shape index (κ1) is 18.5. The van der Waals surface area contributed by atoms with Crippen LogP contribution in [0.2, 0.25) is 0 Å². The van der Waals surface area contributed by atoms with E-state index < -0.39 is 0 Å². The number of hydrogen-bond acceptors (Lipinski definition) is 3. The number of benzene rings is 4. The Morgan fingerprint density at radius 1 is 0.679 bits per heavy atom. The van der Waals surface area contributed by atoms with Gasteiger partial charge in [-0.15, -0.1) is 11.8 Å². The van der Waals surface area contributed by atoms with Crippen molar-refractivity contribution in [1.29, 1.82) is 0 Å². The Morgan fingerprint density at radius 3 is 1.93 bits per heavy atom. The summed E-state index contributed by atoms with van der Waals surface area (Å²) in [5, 5.41) is 9.71. The van der Waals surface area contributed by atoms with Crippen molar-refractivity contribution in [2.75, 3.05) is 16.9 Å². The van der Waals surface area contributed by atoms with Crippen molar-refractivity contribution in [3.05, 3.63) is 90.5 Å². The highest BCUT2D eigenvalue weighted by Gasteiger charge is 2.08. The molecule has 0 aliphatic carbocycles. The van der Waals surface area contributed by atoms with Gasteiger partial charge in [-0.05, 0) is 71.5 Å². The molecule has 0 saturated heterocycles. The summed E-state index contributed by atoms with van der Waals surface area (Å²) in [6.07, 6.45) is 3.09. The predicted octanol–water partition coefficient (Wildman–Crippen LogP) is 7.61. The van der Waals surface area contributed by atoms with Crippen molar-refractivity contribution in [3.8, 4) is 0 Å². The van der Waals surface area contributed by atoms with Crippen LogP contribution in [0.1, 0.15) is 12.5 Å². The lowest BCUT2D eigenvalue weighted by Crippen LogP contribution is -2.00. The minimum atomic E-state index is 0.996. The van der Waals surface area contributed by atoms with Crippen LogP contribution < -0.4 is 10.6 Å². The molecule has 3 heteroatoms. The third-order valence-electron chi connectivity index (χ3n) is 4.92. The number of nitrogens with one attached hydrogen (secondary N) is 2. The van der Waals surface area contributed by atoms with E-state index in [-0.39, 0.29) is 0 Å². The summed E-state index contributed by atoms with van der Waals surface area (Å²) in [5.41, 5.74) is 5.70. The van der Waals surface area contributed by atoms with E-state index in [1.807, 2.05) is 0 Å². The maximum Gasteiger partial charge on any atom is 0.0630 e. The number of rotatable bonds is 6. The number of anilines is 4. The molecule has 0 heterocycles. The Bertz CT molecular complexity index is 1090. The van der Waals surface area contributed by atoms with E-state index in [0.717, 1.165) is 29.2 Å². The molecule has 0 radical (unpaired) electrons. The summed E-state index contributed by atoms with van der Waals surface area (Å²) >= 11 is 1.75. The molecule has 0 aromatic heterocycles. The highest BCUT2D eigenvalue weighted by atomic mass is 32.2. The van der Waals surface area contributed by atoms with Gasteiger partial charge in [0, 0.05) is 16.3 Å². The molecule has 0 aliphatic rings. The SMILES string of the molecule is CCc1ccccc1Nc1cc2ccccc2cc1Nc1ccc(SC)cc1. The number of aryl methyl sites for hydroxylation is 1. The van der Waals surface area contributed by atoms with Crippen molar-refractivity contribution in [2.24, 2.45) is 0 Å². The average Bonchev–Trinajstić information content (AvgIpc) is 2.75. The molecule has 4 aromatic carbocycles. The molecule has 2 N–H and O–H groups in total. The number of thioether (sulfide) groups is 1. The standard InChI is InChI=1S/C25H24N2S/c1-3-18-8-6-7-11-23(18)27-25-17-20-10-5-4-9-19(20)16-24(25)26-21-12-14-22(28-2)15-13-21/h4-17,26-27H,3H2,1-2H3. The van der Waals surface area contributed by atoms with Crippen molar-refractivity contribution in [3.63, 3.8) is 0 Å². The second-order valence-corrected chi connectivity index (χ2v) is 7.61. The minimum absolute atomic E-state index is 0.996. The molecule has 4 rings (SSSR count). The van der Waals surface area contributed by atoms with Gasteiger partial charge in [-0.3, -0.25) is 0 Å². The molecule has 0 amide bonds. The van der Waals surface area contributed by atoms with Crippen molar-refractivity contribution < 1.29 is 0 Å². The van der Waals surface area contributed by atoms with Crippen LogP contribution in [0.5, 0.6) is 0 Å². The molecule has 0 saturated carbocycles. The zero-order chi connectivity index (χ0) is 19.3. The first-order valence-electron chi connectivity index (χ1n) is 9.55. The molecule has 0 unspecified atom stereocenters. The molecular formula is C25H24N2S. The van der Waals surface area contributed by atoms with Crippen LogP contribution in [0.15, 0.2) is 89.8 Å². The fourth-order valence-electron chi connectivity index (χ4n) is 3.37. The first-order chi connectivity index (χ1) is 13.8. The monoisotopic (exact) mass is 384 g/mol. The van der Waals surface area contributed by atoms with Gasteiger partial charge in [-0.2, -0.15) is 0 Å². The van der Waals surface area contributed by atoms with Crippen molar-refractivity contribution in [1.82, 2.24) is 0 Å². The van der Waals surface area contributed by atoms with E-state index in [1.54, 1.807) is 11.8 Å². The van der Waals surface area contributed by atoms with E-state index in [0.29, 0.717) is 0 Å². The van der Waals surface area contributed by atoms with Gasteiger partial charge in [0.1, 0.15) is 0 Å². The largest absolute Gasteiger partial charge is 0.354 e. The summed E-state index contributed by atoms with van der Waals surface area (Å²) in [7, 11) is 0. The summed E-state index contributed by atoms with van der Waals surface area (Å²) in [6.45, 7) is 2.19.